The van der Waals surface area contributed by atoms with Crippen molar-refractivity contribution >= 4 is 0 Å². The number of rotatable bonds is 2. The summed E-state index contributed by atoms with van der Waals surface area (Å²) in [6.45, 7) is 4.52. The molecule has 22 heavy (non-hydrogen) atoms. The first-order valence-corrected chi connectivity index (χ1v) is 9.14. The van der Waals surface area contributed by atoms with Crippen molar-refractivity contribution in [2.24, 2.45) is 11.8 Å². The second-order valence-corrected chi connectivity index (χ2v) is 7.75. The van der Waals surface area contributed by atoms with E-state index < -0.39 is 0 Å². The minimum absolute atomic E-state index is 0.208. The Balaban J connectivity index is 1.45. The summed E-state index contributed by atoms with van der Waals surface area (Å²) in [4.78, 5) is 7.10. The SMILES string of the molecule is Cc1nccn1[C@H]1C[C@H]2CN(C3CCCCC3)C[C@H]2C[C@@H]1O. The Kier molecular flexibility index (Phi) is 3.99. The van der Waals surface area contributed by atoms with Crippen molar-refractivity contribution in [3.8, 4) is 0 Å². The van der Waals surface area contributed by atoms with Crippen LogP contribution in [0.5, 0.6) is 0 Å². The first kappa shape index (κ1) is 14.7. The van der Waals surface area contributed by atoms with Crippen molar-refractivity contribution in [3.63, 3.8) is 0 Å². The van der Waals surface area contributed by atoms with E-state index >= 15 is 0 Å². The summed E-state index contributed by atoms with van der Waals surface area (Å²) < 4.78 is 2.20. The molecule has 0 amide bonds. The quantitative estimate of drug-likeness (QED) is 0.913. The van der Waals surface area contributed by atoms with Crippen LogP contribution < -0.4 is 0 Å². The van der Waals surface area contributed by atoms with Gasteiger partial charge >= 0.3 is 0 Å². The average molecular weight is 303 g/mol. The number of aromatic nitrogens is 2. The zero-order valence-electron chi connectivity index (χ0n) is 13.7. The fraction of sp³-hybridized carbons (Fsp3) is 0.833. The normalized spacial score (nSPS) is 37.4. The topological polar surface area (TPSA) is 41.3 Å². The van der Waals surface area contributed by atoms with Crippen molar-refractivity contribution < 1.29 is 5.11 Å². The molecule has 2 saturated carbocycles. The molecular weight excluding hydrogens is 274 g/mol. The van der Waals surface area contributed by atoms with Crippen molar-refractivity contribution in [2.75, 3.05) is 13.1 Å². The highest BCUT2D eigenvalue weighted by Gasteiger charge is 2.43. The largest absolute Gasteiger partial charge is 0.391 e. The smallest absolute Gasteiger partial charge is 0.105 e. The third kappa shape index (κ3) is 2.61. The van der Waals surface area contributed by atoms with Crippen molar-refractivity contribution in [1.82, 2.24) is 14.5 Å². The summed E-state index contributed by atoms with van der Waals surface area (Å²) in [5, 5.41) is 10.6. The van der Waals surface area contributed by atoms with Gasteiger partial charge in [0.05, 0.1) is 12.1 Å². The van der Waals surface area contributed by atoms with Crippen LogP contribution in [0.4, 0.5) is 0 Å². The standard InChI is InChI=1S/C18H29N3O/c1-13-19-7-8-21(13)17-9-14-11-20(12-15(14)10-18(17)22)16-5-3-2-4-6-16/h7-8,14-18,22H,2-6,9-12H2,1H3/t14-,15+,17-,18-/m0/s1. The van der Waals surface area contributed by atoms with E-state index in [9.17, 15) is 5.11 Å². The molecule has 4 nitrogen and oxygen atoms in total. The third-order valence-corrected chi connectivity index (χ3v) is 6.45. The monoisotopic (exact) mass is 303 g/mol. The molecule has 4 atom stereocenters. The predicted molar refractivity (Wildman–Crippen MR) is 86.7 cm³/mol. The lowest BCUT2D eigenvalue weighted by atomic mass is 9.77. The van der Waals surface area contributed by atoms with E-state index in [4.69, 9.17) is 0 Å². The van der Waals surface area contributed by atoms with E-state index in [1.807, 2.05) is 19.3 Å². The predicted octanol–water partition coefficient (Wildman–Crippen LogP) is 2.77. The molecule has 1 aromatic heterocycles. The molecule has 1 aromatic rings. The Morgan fingerprint density at radius 3 is 2.50 bits per heavy atom. The van der Waals surface area contributed by atoms with Gasteiger partial charge in [0.25, 0.3) is 0 Å². The lowest BCUT2D eigenvalue weighted by Crippen LogP contribution is -2.36. The number of imidazole rings is 1. The zero-order valence-corrected chi connectivity index (χ0v) is 13.7. The van der Waals surface area contributed by atoms with E-state index in [1.165, 1.54) is 45.2 Å². The van der Waals surface area contributed by atoms with E-state index in [0.29, 0.717) is 5.92 Å². The minimum atomic E-state index is -0.208. The van der Waals surface area contributed by atoms with Crippen molar-refractivity contribution in [1.29, 1.82) is 0 Å². The van der Waals surface area contributed by atoms with Gasteiger partial charge in [0.15, 0.2) is 0 Å². The van der Waals surface area contributed by atoms with Crippen LogP contribution in [-0.4, -0.2) is 44.8 Å². The van der Waals surface area contributed by atoms with Gasteiger partial charge in [-0.15, -0.1) is 0 Å². The molecule has 0 aromatic carbocycles. The molecular formula is C18H29N3O. The number of aliphatic hydroxyl groups excluding tert-OH is 1. The Bertz CT molecular complexity index is 508. The van der Waals surface area contributed by atoms with E-state index in [0.717, 1.165) is 30.6 Å². The number of hydrogen-bond donors (Lipinski definition) is 1. The molecule has 1 N–H and O–H groups in total. The van der Waals surface area contributed by atoms with Crippen molar-refractivity contribution in [3.05, 3.63) is 18.2 Å². The fourth-order valence-electron chi connectivity index (χ4n) is 5.22. The first-order chi connectivity index (χ1) is 10.7. The molecule has 3 fully saturated rings. The Hall–Kier alpha value is -0.870. The number of aliphatic hydroxyl groups is 1. The van der Waals surface area contributed by atoms with Gasteiger partial charge in [-0.3, -0.25) is 4.90 Å². The summed E-state index contributed by atoms with van der Waals surface area (Å²) in [7, 11) is 0. The summed E-state index contributed by atoms with van der Waals surface area (Å²) in [6, 6.07) is 1.06. The second kappa shape index (κ2) is 5.97. The van der Waals surface area contributed by atoms with E-state index in [2.05, 4.69) is 14.5 Å². The summed E-state index contributed by atoms with van der Waals surface area (Å²) in [6.07, 6.45) is 12.8. The number of hydrogen-bond acceptors (Lipinski definition) is 3. The summed E-state index contributed by atoms with van der Waals surface area (Å²) in [5.41, 5.74) is 0. The molecule has 3 aliphatic rings. The van der Waals surface area contributed by atoms with Gasteiger partial charge in [-0.05, 0) is 44.4 Å². The van der Waals surface area contributed by atoms with Gasteiger partial charge in [-0.25, -0.2) is 4.98 Å². The second-order valence-electron chi connectivity index (χ2n) is 7.75. The van der Waals surface area contributed by atoms with Crippen LogP contribution in [0, 0.1) is 18.8 Å². The van der Waals surface area contributed by atoms with Gasteiger partial charge in [-0.1, -0.05) is 19.3 Å². The van der Waals surface area contributed by atoms with Crippen LogP contribution in [0.15, 0.2) is 12.4 Å². The van der Waals surface area contributed by atoms with Crippen LogP contribution in [0.2, 0.25) is 0 Å². The molecule has 0 unspecified atom stereocenters. The molecule has 2 heterocycles. The maximum atomic E-state index is 10.6. The maximum absolute atomic E-state index is 10.6. The van der Waals surface area contributed by atoms with Crippen LogP contribution in [-0.2, 0) is 0 Å². The van der Waals surface area contributed by atoms with Crippen molar-refractivity contribution in [2.45, 2.75) is 70.1 Å². The Labute approximate surface area is 133 Å². The van der Waals surface area contributed by atoms with Gasteiger partial charge in [0, 0.05) is 31.5 Å². The Morgan fingerprint density at radius 1 is 1.09 bits per heavy atom. The number of aryl methyl sites for hydroxylation is 1. The Morgan fingerprint density at radius 2 is 1.82 bits per heavy atom. The average Bonchev–Trinajstić information content (AvgIpc) is 3.13. The van der Waals surface area contributed by atoms with Gasteiger partial charge < -0.3 is 9.67 Å². The molecule has 0 spiro atoms. The third-order valence-electron chi connectivity index (χ3n) is 6.45. The summed E-state index contributed by atoms with van der Waals surface area (Å²) >= 11 is 0. The molecule has 0 radical (unpaired) electrons. The van der Waals surface area contributed by atoms with E-state index in [-0.39, 0.29) is 12.1 Å². The van der Waals surface area contributed by atoms with Gasteiger partial charge in [0.2, 0.25) is 0 Å². The highest BCUT2D eigenvalue weighted by atomic mass is 16.3. The number of nitrogens with zero attached hydrogens (tertiary/aromatic N) is 3. The molecule has 0 bridgehead atoms. The molecule has 1 saturated heterocycles. The van der Waals surface area contributed by atoms with E-state index in [1.54, 1.807) is 0 Å². The van der Waals surface area contributed by atoms with Crippen LogP contribution in [0.1, 0.15) is 56.8 Å². The van der Waals surface area contributed by atoms with Crippen LogP contribution in [0.3, 0.4) is 0 Å². The zero-order chi connectivity index (χ0) is 15.1. The van der Waals surface area contributed by atoms with Crippen LogP contribution in [0.25, 0.3) is 0 Å². The lowest BCUT2D eigenvalue weighted by molar-refractivity contribution is 0.0349. The molecule has 122 valence electrons. The maximum Gasteiger partial charge on any atom is 0.105 e. The summed E-state index contributed by atoms with van der Waals surface area (Å²) in [5.74, 6) is 2.50. The number of fused-ring (bicyclic) bond motifs is 1. The highest BCUT2D eigenvalue weighted by molar-refractivity contribution is 5.01. The van der Waals surface area contributed by atoms with Gasteiger partial charge in [-0.2, -0.15) is 0 Å². The number of likely N-dealkylation sites (tertiary alicyclic amines) is 1. The van der Waals surface area contributed by atoms with Crippen LogP contribution >= 0.6 is 0 Å². The molecule has 2 aliphatic carbocycles. The van der Waals surface area contributed by atoms with Gasteiger partial charge in [0.1, 0.15) is 5.82 Å². The first-order valence-electron chi connectivity index (χ1n) is 9.14. The minimum Gasteiger partial charge on any atom is -0.391 e. The molecule has 4 rings (SSSR count). The lowest BCUT2D eigenvalue weighted by Gasteiger charge is -2.36. The highest BCUT2D eigenvalue weighted by Crippen LogP contribution is 2.43. The molecule has 1 aliphatic heterocycles. The molecule has 4 heteroatoms. The fourth-order valence-corrected chi connectivity index (χ4v) is 5.22.